The van der Waals surface area contributed by atoms with Gasteiger partial charge in [-0.3, -0.25) is 14.0 Å². The first-order chi connectivity index (χ1) is 15.5. The molecule has 0 spiro atoms. The fourth-order valence-electron chi connectivity index (χ4n) is 3.56. The molecule has 32 heavy (non-hydrogen) atoms. The van der Waals surface area contributed by atoms with Gasteiger partial charge in [0.25, 0.3) is 5.56 Å². The molecule has 164 valence electrons. The van der Waals surface area contributed by atoms with Gasteiger partial charge in [0.15, 0.2) is 5.16 Å². The topological polar surface area (TPSA) is 81.3 Å². The standard InChI is InChI=1S/C24H25N5O2S/c1-4-14-25-21(30)15-32-24-27-26-23-28(18-12-10-17(11-13-18)16(3)5-2)22(31)19-8-6-7-9-20(19)29(23)24/h4,6-13,16H,1,5,14-15H2,2-3H3,(H,25,30)/t16-/m0/s1. The summed E-state index contributed by atoms with van der Waals surface area (Å²) < 4.78 is 3.42. The zero-order chi connectivity index (χ0) is 22.7. The monoisotopic (exact) mass is 447 g/mol. The van der Waals surface area contributed by atoms with E-state index in [4.69, 9.17) is 0 Å². The summed E-state index contributed by atoms with van der Waals surface area (Å²) in [6, 6.07) is 15.4. The van der Waals surface area contributed by atoms with Crippen LogP contribution in [-0.2, 0) is 4.79 Å². The van der Waals surface area contributed by atoms with E-state index < -0.39 is 0 Å². The molecule has 0 aliphatic carbocycles. The van der Waals surface area contributed by atoms with Gasteiger partial charge in [-0.1, -0.05) is 56.0 Å². The van der Waals surface area contributed by atoms with Crippen LogP contribution in [0, 0.1) is 0 Å². The van der Waals surface area contributed by atoms with Crippen molar-refractivity contribution in [3.8, 4) is 5.69 Å². The number of hydrogen-bond acceptors (Lipinski definition) is 5. The van der Waals surface area contributed by atoms with Gasteiger partial charge in [0, 0.05) is 6.54 Å². The highest BCUT2D eigenvalue weighted by molar-refractivity contribution is 7.99. The highest BCUT2D eigenvalue weighted by Crippen LogP contribution is 2.24. The second-order valence-corrected chi connectivity index (χ2v) is 8.50. The van der Waals surface area contributed by atoms with E-state index in [0.29, 0.717) is 34.3 Å². The van der Waals surface area contributed by atoms with E-state index >= 15 is 0 Å². The summed E-state index contributed by atoms with van der Waals surface area (Å²) in [5.74, 6) is 0.927. The Morgan fingerprint density at radius 2 is 1.94 bits per heavy atom. The number of para-hydroxylation sites is 1. The summed E-state index contributed by atoms with van der Waals surface area (Å²) >= 11 is 1.28. The molecule has 0 aliphatic heterocycles. The van der Waals surface area contributed by atoms with Crippen LogP contribution in [0.5, 0.6) is 0 Å². The Bertz CT molecular complexity index is 1340. The maximum atomic E-state index is 13.4. The Balaban J connectivity index is 1.84. The molecular weight excluding hydrogens is 422 g/mol. The van der Waals surface area contributed by atoms with Gasteiger partial charge in [0.2, 0.25) is 11.7 Å². The van der Waals surface area contributed by atoms with Gasteiger partial charge in [-0.05, 0) is 42.2 Å². The van der Waals surface area contributed by atoms with Gasteiger partial charge >= 0.3 is 0 Å². The van der Waals surface area contributed by atoms with Crippen molar-refractivity contribution >= 4 is 34.3 Å². The third-order valence-electron chi connectivity index (χ3n) is 5.50. The molecule has 0 saturated carbocycles. The highest BCUT2D eigenvalue weighted by Gasteiger charge is 2.18. The van der Waals surface area contributed by atoms with Crippen molar-refractivity contribution in [1.82, 2.24) is 24.5 Å². The number of nitrogens with one attached hydrogen (secondary N) is 1. The second-order valence-electron chi connectivity index (χ2n) is 7.56. The van der Waals surface area contributed by atoms with Crippen LogP contribution in [0.1, 0.15) is 31.7 Å². The largest absolute Gasteiger partial charge is 0.352 e. The lowest BCUT2D eigenvalue weighted by Gasteiger charge is -2.13. The molecule has 0 aliphatic rings. The predicted octanol–water partition coefficient (Wildman–Crippen LogP) is 3.94. The molecule has 0 unspecified atom stereocenters. The lowest BCUT2D eigenvalue weighted by Crippen LogP contribution is -2.25. The lowest BCUT2D eigenvalue weighted by atomic mass is 9.98. The molecule has 1 amide bonds. The number of aromatic nitrogens is 4. The Hall–Kier alpha value is -3.39. The number of carbonyl (C=O) groups is 1. The first kappa shape index (κ1) is 21.8. The molecule has 2 aromatic carbocycles. The number of fused-ring (bicyclic) bond motifs is 3. The third kappa shape index (κ3) is 4.05. The van der Waals surface area contributed by atoms with E-state index in [9.17, 15) is 9.59 Å². The van der Waals surface area contributed by atoms with E-state index in [1.54, 1.807) is 16.7 Å². The fraction of sp³-hybridized carbons (Fsp3) is 0.250. The third-order valence-corrected chi connectivity index (χ3v) is 6.43. The van der Waals surface area contributed by atoms with Crippen LogP contribution in [0.15, 0.2) is 71.1 Å². The van der Waals surface area contributed by atoms with E-state index in [1.807, 2.05) is 34.7 Å². The van der Waals surface area contributed by atoms with Crippen molar-refractivity contribution in [3.05, 3.63) is 77.1 Å². The van der Waals surface area contributed by atoms with Crippen LogP contribution >= 0.6 is 11.8 Å². The number of hydrogen-bond donors (Lipinski definition) is 1. The fourth-order valence-corrected chi connectivity index (χ4v) is 4.33. The average Bonchev–Trinajstić information content (AvgIpc) is 3.25. The Labute approximate surface area is 190 Å². The number of rotatable bonds is 8. The van der Waals surface area contributed by atoms with E-state index in [2.05, 4.69) is 48.1 Å². The van der Waals surface area contributed by atoms with Crippen molar-refractivity contribution in [3.63, 3.8) is 0 Å². The van der Waals surface area contributed by atoms with Gasteiger partial charge < -0.3 is 5.32 Å². The minimum absolute atomic E-state index is 0.120. The first-order valence-electron chi connectivity index (χ1n) is 10.5. The summed E-state index contributed by atoms with van der Waals surface area (Å²) in [6.45, 7) is 8.35. The van der Waals surface area contributed by atoms with Gasteiger partial charge in [0.05, 0.1) is 22.3 Å². The molecule has 1 atom stereocenters. The zero-order valence-corrected chi connectivity index (χ0v) is 18.9. The second kappa shape index (κ2) is 9.40. The Morgan fingerprint density at radius 1 is 1.19 bits per heavy atom. The first-order valence-corrected chi connectivity index (χ1v) is 11.5. The lowest BCUT2D eigenvalue weighted by molar-refractivity contribution is -0.118. The zero-order valence-electron chi connectivity index (χ0n) is 18.1. The van der Waals surface area contributed by atoms with Gasteiger partial charge in [-0.2, -0.15) is 0 Å². The van der Waals surface area contributed by atoms with Gasteiger partial charge in [-0.25, -0.2) is 4.57 Å². The van der Waals surface area contributed by atoms with Crippen molar-refractivity contribution in [2.75, 3.05) is 12.3 Å². The number of nitrogens with zero attached hydrogens (tertiary/aromatic N) is 4. The number of carbonyl (C=O) groups excluding carboxylic acids is 1. The molecular formula is C24H25N5O2S. The van der Waals surface area contributed by atoms with Crippen LogP contribution < -0.4 is 10.9 Å². The van der Waals surface area contributed by atoms with Gasteiger partial charge in [-0.15, -0.1) is 16.8 Å². The van der Waals surface area contributed by atoms with Crippen molar-refractivity contribution in [1.29, 1.82) is 0 Å². The number of amides is 1. The number of thioether (sulfide) groups is 1. The molecule has 0 fully saturated rings. The van der Waals surface area contributed by atoms with Crippen molar-refractivity contribution < 1.29 is 4.79 Å². The minimum atomic E-state index is -0.155. The summed E-state index contributed by atoms with van der Waals surface area (Å²) in [5, 5.41) is 12.5. The molecule has 2 aromatic heterocycles. The van der Waals surface area contributed by atoms with E-state index in [0.717, 1.165) is 12.1 Å². The molecule has 0 saturated heterocycles. The summed E-state index contributed by atoms with van der Waals surface area (Å²) in [4.78, 5) is 25.5. The van der Waals surface area contributed by atoms with E-state index in [1.165, 1.54) is 17.3 Å². The van der Waals surface area contributed by atoms with E-state index in [-0.39, 0.29) is 17.2 Å². The van der Waals surface area contributed by atoms with Crippen molar-refractivity contribution in [2.45, 2.75) is 31.3 Å². The summed E-state index contributed by atoms with van der Waals surface area (Å²) in [6.07, 6.45) is 2.68. The molecule has 4 aromatic rings. The van der Waals surface area contributed by atoms with Crippen LogP contribution in [0.2, 0.25) is 0 Å². The average molecular weight is 448 g/mol. The summed E-state index contributed by atoms with van der Waals surface area (Å²) in [5.41, 5.74) is 2.51. The minimum Gasteiger partial charge on any atom is -0.352 e. The molecule has 8 heteroatoms. The SMILES string of the molecule is C=CCNC(=O)CSc1nnc2n(-c3ccc([C@@H](C)CC)cc3)c(=O)c3ccccc3n12. The maximum absolute atomic E-state index is 13.4. The molecule has 0 radical (unpaired) electrons. The molecule has 2 heterocycles. The van der Waals surface area contributed by atoms with Crippen LogP contribution in [0.4, 0.5) is 0 Å². The number of benzene rings is 2. The molecule has 4 rings (SSSR count). The molecule has 1 N–H and O–H groups in total. The quantitative estimate of drug-likeness (QED) is 0.327. The van der Waals surface area contributed by atoms with Crippen LogP contribution in [0.25, 0.3) is 22.4 Å². The maximum Gasteiger partial charge on any atom is 0.267 e. The smallest absolute Gasteiger partial charge is 0.267 e. The predicted molar refractivity (Wildman–Crippen MR) is 129 cm³/mol. The normalized spacial score (nSPS) is 12.2. The summed E-state index contributed by atoms with van der Waals surface area (Å²) in [7, 11) is 0. The molecule has 0 bridgehead atoms. The molecule has 7 nitrogen and oxygen atoms in total. The Morgan fingerprint density at radius 3 is 2.66 bits per heavy atom. The van der Waals surface area contributed by atoms with Gasteiger partial charge in [0.1, 0.15) is 0 Å². The Kier molecular flexibility index (Phi) is 6.41. The van der Waals surface area contributed by atoms with Crippen molar-refractivity contribution in [2.24, 2.45) is 0 Å². The van der Waals surface area contributed by atoms with Crippen LogP contribution in [-0.4, -0.2) is 37.4 Å². The highest BCUT2D eigenvalue weighted by atomic mass is 32.2. The van der Waals surface area contributed by atoms with Crippen LogP contribution in [0.3, 0.4) is 0 Å².